The van der Waals surface area contributed by atoms with Gasteiger partial charge in [0.1, 0.15) is 6.17 Å². The van der Waals surface area contributed by atoms with Gasteiger partial charge in [-0.1, -0.05) is 23.7 Å². The number of amides is 2. The van der Waals surface area contributed by atoms with Gasteiger partial charge in [-0.2, -0.15) is 0 Å². The molecule has 2 aromatic rings. The van der Waals surface area contributed by atoms with E-state index in [0.29, 0.717) is 22.7 Å². The molecule has 1 fully saturated rings. The highest BCUT2D eigenvalue weighted by Crippen LogP contribution is 2.35. The second-order valence-corrected chi connectivity index (χ2v) is 7.21. The smallest absolute Gasteiger partial charge is 0.257 e. The fourth-order valence-electron chi connectivity index (χ4n) is 3.78. The second-order valence-electron chi connectivity index (χ2n) is 6.78. The molecule has 2 amide bonds. The van der Waals surface area contributed by atoms with Crippen LogP contribution in [0.25, 0.3) is 0 Å². The summed E-state index contributed by atoms with van der Waals surface area (Å²) in [4.78, 5) is 29.2. The van der Waals surface area contributed by atoms with Gasteiger partial charge in [-0.3, -0.25) is 9.59 Å². The topological polar surface area (TPSA) is 52.7 Å². The molecule has 2 heterocycles. The molecule has 6 heteroatoms. The lowest BCUT2D eigenvalue weighted by Gasteiger charge is -2.40. The van der Waals surface area contributed by atoms with Gasteiger partial charge >= 0.3 is 0 Å². The fourth-order valence-corrected chi connectivity index (χ4v) is 3.99. The number of benzene rings is 2. The fraction of sp³-hybridized carbons (Fsp3) is 0.300. The third-order valence-corrected chi connectivity index (χ3v) is 5.38. The number of nitrogens with zero attached hydrogens (tertiary/aromatic N) is 2. The van der Waals surface area contributed by atoms with Crippen molar-refractivity contribution in [1.29, 1.82) is 0 Å². The van der Waals surface area contributed by atoms with Crippen molar-refractivity contribution in [2.45, 2.75) is 25.6 Å². The number of hydrogen-bond acceptors (Lipinski definition) is 3. The molecule has 1 N–H and O–H groups in total. The molecule has 2 aliphatic rings. The van der Waals surface area contributed by atoms with Crippen molar-refractivity contribution in [3.63, 3.8) is 0 Å². The summed E-state index contributed by atoms with van der Waals surface area (Å²) in [6.07, 6.45) is 2.08. The average molecular weight is 370 g/mol. The van der Waals surface area contributed by atoms with E-state index in [1.165, 1.54) is 0 Å². The normalized spacial score (nSPS) is 18.5. The van der Waals surface area contributed by atoms with Gasteiger partial charge in [0.15, 0.2) is 0 Å². The minimum absolute atomic E-state index is 0.0616. The number of fused-ring (bicyclic) bond motifs is 2. The quantitative estimate of drug-likeness (QED) is 0.903. The summed E-state index contributed by atoms with van der Waals surface area (Å²) in [5, 5.41) is 3.56. The average Bonchev–Trinajstić information content (AvgIpc) is 3.14. The van der Waals surface area contributed by atoms with E-state index in [0.717, 1.165) is 30.6 Å². The van der Waals surface area contributed by atoms with Crippen LogP contribution in [-0.4, -0.2) is 36.5 Å². The molecule has 1 unspecified atom stereocenters. The molecule has 1 saturated heterocycles. The van der Waals surface area contributed by atoms with Crippen LogP contribution in [0.1, 0.15) is 39.1 Å². The Labute approximate surface area is 157 Å². The summed E-state index contributed by atoms with van der Waals surface area (Å²) in [5.74, 6) is -0.103. The van der Waals surface area contributed by atoms with Crippen molar-refractivity contribution in [2.75, 3.05) is 18.5 Å². The van der Waals surface area contributed by atoms with Crippen LogP contribution in [0, 0.1) is 0 Å². The van der Waals surface area contributed by atoms with Gasteiger partial charge in [-0.15, -0.1) is 0 Å². The zero-order valence-corrected chi connectivity index (χ0v) is 15.3. The first-order valence-corrected chi connectivity index (χ1v) is 9.13. The van der Waals surface area contributed by atoms with E-state index >= 15 is 0 Å². The first kappa shape index (κ1) is 16.9. The highest BCUT2D eigenvalue weighted by molar-refractivity contribution is 6.30. The standard InChI is InChI=1S/C20H20ClN3O2/c1-23-17-11-14(19(25)22-12-13-4-2-5-15(21)10-13)7-8-16(17)20(26)24-9-3-6-18(23)24/h2,4-5,7-8,10-11,18H,3,6,9,12H2,1H3,(H,22,25). The van der Waals surface area contributed by atoms with Crippen molar-refractivity contribution in [2.24, 2.45) is 0 Å². The molecule has 0 aromatic heterocycles. The number of carbonyl (C=O) groups is 2. The summed E-state index contributed by atoms with van der Waals surface area (Å²) in [7, 11) is 1.99. The Morgan fingerprint density at radius 2 is 2.12 bits per heavy atom. The van der Waals surface area contributed by atoms with Gasteiger partial charge in [0.25, 0.3) is 11.8 Å². The number of nitrogens with one attached hydrogen (secondary N) is 1. The second kappa shape index (κ2) is 6.65. The third kappa shape index (κ3) is 2.92. The van der Waals surface area contributed by atoms with Crippen LogP contribution in [0.2, 0.25) is 5.02 Å². The van der Waals surface area contributed by atoms with Crippen LogP contribution < -0.4 is 10.2 Å². The number of rotatable bonds is 3. The highest BCUT2D eigenvalue weighted by atomic mass is 35.5. The van der Waals surface area contributed by atoms with Crippen molar-refractivity contribution in [3.05, 3.63) is 64.2 Å². The molecule has 2 aliphatic heterocycles. The molecule has 0 bridgehead atoms. The van der Waals surface area contributed by atoms with Crippen molar-refractivity contribution in [3.8, 4) is 0 Å². The molecule has 26 heavy (non-hydrogen) atoms. The zero-order valence-electron chi connectivity index (χ0n) is 14.5. The van der Waals surface area contributed by atoms with Crippen LogP contribution >= 0.6 is 11.6 Å². The Morgan fingerprint density at radius 1 is 1.27 bits per heavy atom. The van der Waals surface area contributed by atoms with Gasteiger partial charge < -0.3 is 15.1 Å². The molecule has 5 nitrogen and oxygen atoms in total. The SMILES string of the molecule is CN1c2cc(C(=O)NCc3cccc(Cl)c3)ccc2C(=O)N2CCCC21. The monoisotopic (exact) mass is 369 g/mol. The molecule has 1 atom stereocenters. The minimum Gasteiger partial charge on any atom is -0.354 e. The van der Waals surface area contributed by atoms with Crippen molar-refractivity contribution < 1.29 is 9.59 Å². The predicted molar refractivity (Wildman–Crippen MR) is 102 cm³/mol. The maximum Gasteiger partial charge on any atom is 0.257 e. The maximum atomic E-state index is 12.7. The molecule has 0 spiro atoms. The Hall–Kier alpha value is -2.53. The Balaban J connectivity index is 1.54. The molecule has 2 aromatic carbocycles. The van der Waals surface area contributed by atoms with Crippen molar-refractivity contribution >= 4 is 29.1 Å². The van der Waals surface area contributed by atoms with Crippen LogP contribution in [0.15, 0.2) is 42.5 Å². The van der Waals surface area contributed by atoms with Gasteiger partial charge in [0, 0.05) is 30.7 Å². The lowest BCUT2D eigenvalue weighted by Crippen LogP contribution is -2.50. The van der Waals surface area contributed by atoms with E-state index in [2.05, 4.69) is 10.2 Å². The highest BCUT2D eigenvalue weighted by Gasteiger charge is 2.38. The first-order valence-electron chi connectivity index (χ1n) is 8.75. The summed E-state index contributed by atoms with van der Waals surface area (Å²) in [5.41, 5.74) is 2.99. The lowest BCUT2D eigenvalue weighted by molar-refractivity contribution is 0.0719. The molecule has 0 radical (unpaired) electrons. The van der Waals surface area contributed by atoms with Gasteiger partial charge in [0.05, 0.1) is 11.3 Å². The maximum absolute atomic E-state index is 12.7. The largest absolute Gasteiger partial charge is 0.354 e. The van der Waals surface area contributed by atoms with Crippen LogP contribution in [0.3, 0.4) is 0 Å². The zero-order chi connectivity index (χ0) is 18.3. The van der Waals surface area contributed by atoms with Crippen molar-refractivity contribution in [1.82, 2.24) is 10.2 Å². The molecule has 134 valence electrons. The van der Waals surface area contributed by atoms with E-state index in [1.807, 2.05) is 36.2 Å². The summed E-state index contributed by atoms with van der Waals surface area (Å²) < 4.78 is 0. The summed E-state index contributed by atoms with van der Waals surface area (Å²) >= 11 is 5.98. The number of anilines is 1. The van der Waals surface area contributed by atoms with Gasteiger partial charge in [-0.05, 0) is 48.7 Å². The Kier molecular flexibility index (Phi) is 4.32. The molecular formula is C20H20ClN3O2. The van der Waals surface area contributed by atoms with Gasteiger partial charge in [0.2, 0.25) is 0 Å². The number of halogens is 1. The Bertz CT molecular complexity index is 883. The van der Waals surface area contributed by atoms with E-state index in [1.54, 1.807) is 18.2 Å². The van der Waals surface area contributed by atoms with E-state index in [9.17, 15) is 9.59 Å². The van der Waals surface area contributed by atoms with Crippen LogP contribution in [0.4, 0.5) is 5.69 Å². The molecule has 0 aliphatic carbocycles. The molecule has 4 rings (SSSR count). The van der Waals surface area contributed by atoms with Crippen LogP contribution in [-0.2, 0) is 6.54 Å². The third-order valence-electron chi connectivity index (χ3n) is 5.14. The predicted octanol–water partition coefficient (Wildman–Crippen LogP) is 3.28. The van der Waals surface area contributed by atoms with E-state index < -0.39 is 0 Å². The first-order chi connectivity index (χ1) is 12.5. The summed E-state index contributed by atoms with van der Waals surface area (Å²) in [6.45, 7) is 1.21. The number of carbonyl (C=O) groups excluding carboxylic acids is 2. The molecular weight excluding hydrogens is 350 g/mol. The molecule has 0 saturated carbocycles. The van der Waals surface area contributed by atoms with Crippen LogP contribution in [0.5, 0.6) is 0 Å². The van der Waals surface area contributed by atoms with Gasteiger partial charge in [-0.25, -0.2) is 0 Å². The lowest BCUT2D eigenvalue weighted by atomic mass is 10.0. The Morgan fingerprint density at radius 3 is 2.92 bits per heavy atom. The summed E-state index contributed by atoms with van der Waals surface area (Å²) in [6, 6.07) is 12.7. The van der Waals surface area contributed by atoms with E-state index in [4.69, 9.17) is 11.6 Å². The number of hydrogen-bond donors (Lipinski definition) is 1. The van der Waals surface area contributed by atoms with E-state index in [-0.39, 0.29) is 18.0 Å². The minimum atomic E-state index is -0.164.